The van der Waals surface area contributed by atoms with Gasteiger partial charge in [0.1, 0.15) is 41.6 Å². The zero-order chi connectivity index (χ0) is 43.5. The van der Waals surface area contributed by atoms with Gasteiger partial charge in [0, 0.05) is 57.0 Å². The molecule has 7 rings (SSSR count). The Bertz CT molecular complexity index is 2490. The van der Waals surface area contributed by atoms with Crippen LogP contribution in [-0.4, -0.2) is 116 Å². The Morgan fingerprint density at radius 1 is 1.03 bits per heavy atom. The lowest BCUT2D eigenvalue weighted by molar-refractivity contribution is -0.151. The third-order valence-electron chi connectivity index (χ3n) is 10.3. The van der Waals surface area contributed by atoms with Gasteiger partial charge in [-0.15, -0.1) is 11.3 Å². The fourth-order valence-corrected chi connectivity index (χ4v) is 8.57. The molecular formula is C41H43B2ClF4N6O6S. The number of hydrogen-bond donors (Lipinski definition) is 0. The molecule has 0 saturated carbocycles. The van der Waals surface area contributed by atoms with Gasteiger partial charge < -0.3 is 28.3 Å². The number of likely N-dealkylation sites (N-methyl/N-ethyl adjacent to an activating group) is 1. The Balaban J connectivity index is 1.23. The van der Waals surface area contributed by atoms with Crippen molar-refractivity contribution in [3.05, 3.63) is 95.0 Å². The van der Waals surface area contributed by atoms with E-state index in [1.165, 1.54) is 42.1 Å². The van der Waals surface area contributed by atoms with Crippen LogP contribution in [0, 0.1) is 12.9 Å². The molecule has 1 saturated heterocycles. The summed E-state index contributed by atoms with van der Waals surface area (Å²) in [7, 11) is 5.37. The first-order valence-corrected chi connectivity index (χ1v) is 20.9. The first-order chi connectivity index (χ1) is 29.1. The molecule has 0 aliphatic carbocycles. The summed E-state index contributed by atoms with van der Waals surface area (Å²) in [5, 5.41) is 3.39. The molecule has 0 amide bonds. The Morgan fingerprint density at radius 2 is 1.80 bits per heavy atom. The number of carbonyl (C=O) groups is 1. The highest BCUT2D eigenvalue weighted by molar-refractivity contribution is 7.22. The number of fused-ring (bicyclic) bond motifs is 1. The van der Waals surface area contributed by atoms with Crippen LogP contribution in [0.2, 0.25) is 5.02 Å². The van der Waals surface area contributed by atoms with Crippen LogP contribution >= 0.6 is 22.9 Å². The second kappa shape index (κ2) is 18.5. The van der Waals surface area contributed by atoms with Crippen molar-refractivity contribution in [1.82, 2.24) is 29.5 Å². The van der Waals surface area contributed by atoms with Gasteiger partial charge in [-0.1, -0.05) is 35.9 Å². The van der Waals surface area contributed by atoms with Gasteiger partial charge in [-0.05, 0) is 61.9 Å². The number of alkyl halides is 3. The van der Waals surface area contributed by atoms with E-state index in [1.807, 2.05) is 13.0 Å². The van der Waals surface area contributed by atoms with Crippen LogP contribution in [0.1, 0.15) is 23.7 Å². The Morgan fingerprint density at radius 3 is 2.52 bits per heavy atom. The fraction of sp³-hybridized carbons (Fsp3) is 0.366. The number of benzene rings is 2. The van der Waals surface area contributed by atoms with Gasteiger partial charge in [-0.2, -0.15) is 22.7 Å². The number of esters is 1. The van der Waals surface area contributed by atoms with Crippen molar-refractivity contribution in [3.8, 4) is 39.1 Å². The van der Waals surface area contributed by atoms with E-state index in [4.69, 9.17) is 35.0 Å². The summed E-state index contributed by atoms with van der Waals surface area (Å²) >= 11 is 8.24. The normalized spacial score (nSPS) is 14.6. The van der Waals surface area contributed by atoms with Crippen molar-refractivity contribution in [2.45, 2.75) is 44.5 Å². The fourth-order valence-electron chi connectivity index (χ4n) is 7.24. The quantitative estimate of drug-likeness (QED) is 0.0637. The molecule has 0 spiro atoms. The maximum absolute atomic E-state index is 14.4. The molecule has 2 aromatic carbocycles. The second-order valence-corrected chi connectivity index (χ2v) is 16.5. The van der Waals surface area contributed by atoms with Crippen LogP contribution in [-0.2, 0) is 27.9 Å². The zero-order valence-electron chi connectivity index (χ0n) is 34.2. The SMILES string of the molecule is BC(B)(Oc1ccccc1CC(Oc1ncnc2sc(-c3ccc(F)o3)c(-c3ccc(OCCN4CCN(C)CC4)c(Cl)c3C)c12)C(=O)OCC)c1ccnn1CC(F)(F)F. The van der Waals surface area contributed by atoms with E-state index in [2.05, 4.69) is 31.9 Å². The van der Waals surface area contributed by atoms with E-state index in [9.17, 15) is 22.4 Å². The van der Waals surface area contributed by atoms with E-state index < -0.39 is 36.2 Å². The summed E-state index contributed by atoms with van der Waals surface area (Å²) in [4.78, 5) is 28.4. The van der Waals surface area contributed by atoms with Crippen molar-refractivity contribution < 1.29 is 45.7 Å². The van der Waals surface area contributed by atoms with Crippen molar-refractivity contribution in [2.75, 3.05) is 53.0 Å². The summed E-state index contributed by atoms with van der Waals surface area (Å²) in [6.45, 7) is 7.35. The highest BCUT2D eigenvalue weighted by Gasteiger charge is 2.35. The predicted molar refractivity (Wildman–Crippen MR) is 229 cm³/mol. The number of carbonyl (C=O) groups excluding carboxylic acids is 1. The molecule has 1 fully saturated rings. The number of rotatable bonds is 16. The summed E-state index contributed by atoms with van der Waals surface area (Å²) in [5.41, 5.74) is 2.54. The molecule has 1 unspecified atom stereocenters. The predicted octanol–water partition coefficient (Wildman–Crippen LogP) is 6.11. The lowest BCUT2D eigenvalue weighted by Crippen LogP contribution is -2.45. The van der Waals surface area contributed by atoms with Crippen LogP contribution in [0.15, 0.2) is 71.5 Å². The minimum Gasteiger partial charge on any atom is -0.499 e. The van der Waals surface area contributed by atoms with E-state index in [-0.39, 0.29) is 30.4 Å². The molecular weight excluding hydrogens is 838 g/mol. The zero-order valence-corrected chi connectivity index (χ0v) is 35.8. The van der Waals surface area contributed by atoms with Crippen LogP contribution in [0.5, 0.6) is 17.4 Å². The average molecular weight is 881 g/mol. The molecule has 5 heterocycles. The second-order valence-electron chi connectivity index (χ2n) is 15.1. The first-order valence-electron chi connectivity index (χ1n) is 19.7. The van der Waals surface area contributed by atoms with E-state index >= 15 is 0 Å². The molecule has 20 heteroatoms. The maximum atomic E-state index is 14.4. The molecule has 0 radical (unpaired) electrons. The number of furan rings is 1. The molecule has 61 heavy (non-hydrogen) atoms. The minimum absolute atomic E-state index is 0.0328. The summed E-state index contributed by atoms with van der Waals surface area (Å²) in [6, 6.07) is 13.9. The van der Waals surface area contributed by atoms with Gasteiger partial charge >= 0.3 is 12.1 Å². The molecule has 0 N–H and O–H groups in total. The van der Waals surface area contributed by atoms with Gasteiger partial charge in [0.2, 0.25) is 12.0 Å². The van der Waals surface area contributed by atoms with Gasteiger partial charge in [-0.3, -0.25) is 9.58 Å². The topological polar surface area (TPSA) is 117 Å². The van der Waals surface area contributed by atoms with E-state index in [0.717, 1.165) is 37.4 Å². The third-order valence-corrected chi connectivity index (χ3v) is 11.9. The summed E-state index contributed by atoms with van der Waals surface area (Å²) in [5.74, 6) is 0.370. The number of thiophene rings is 1. The third kappa shape index (κ3) is 10.2. The monoisotopic (exact) mass is 880 g/mol. The van der Waals surface area contributed by atoms with Gasteiger partial charge in [-0.25, -0.2) is 14.8 Å². The van der Waals surface area contributed by atoms with Crippen LogP contribution < -0.4 is 14.2 Å². The Hall–Kier alpha value is -5.10. The standard InChI is InChI=1S/C41H43B2ClF4N6O6S/c1-4-56-39(55)30(21-25-7-5-6-8-27(25)60-41(42,43)31-13-14-51-54(31)22-40(46,47)48)59-37-34-33(36(29-11-12-32(45)58-29)61-38(34)50-23-49-37)26-9-10-28(35(44)24(26)2)57-20-19-53-17-15-52(3)16-18-53/h5-14,23,30H,4,15-22,42-43H2,1-3H3. The summed E-state index contributed by atoms with van der Waals surface area (Å²) < 4.78 is 85.5. The Kier molecular flexibility index (Phi) is 13.3. The molecule has 12 nitrogen and oxygen atoms in total. The van der Waals surface area contributed by atoms with Gasteiger partial charge in [0.25, 0.3) is 6.01 Å². The van der Waals surface area contributed by atoms with Crippen molar-refractivity contribution in [3.63, 3.8) is 0 Å². The highest BCUT2D eigenvalue weighted by atomic mass is 35.5. The van der Waals surface area contributed by atoms with Crippen molar-refractivity contribution in [2.24, 2.45) is 0 Å². The van der Waals surface area contributed by atoms with E-state index in [1.54, 1.807) is 52.9 Å². The number of ether oxygens (including phenoxy) is 4. The number of piperazine rings is 1. The summed E-state index contributed by atoms with van der Waals surface area (Å²) in [6.07, 6.45) is -3.30. The smallest absolute Gasteiger partial charge is 0.408 e. The number of nitrogens with zero attached hydrogens (tertiary/aromatic N) is 6. The van der Waals surface area contributed by atoms with Gasteiger partial charge in [0.05, 0.1) is 33.0 Å². The van der Waals surface area contributed by atoms with Crippen LogP contribution in [0.4, 0.5) is 17.6 Å². The van der Waals surface area contributed by atoms with E-state index in [0.29, 0.717) is 60.5 Å². The van der Waals surface area contributed by atoms with Gasteiger partial charge in [0.15, 0.2) is 15.7 Å². The molecule has 6 aromatic rings. The minimum atomic E-state index is -4.50. The van der Waals surface area contributed by atoms with Crippen molar-refractivity contribution >= 4 is 54.8 Å². The molecule has 0 bridgehead atoms. The number of para-hydroxylation sites is 1. The average Bonchev–Trinajstić information content (AvgIpc) is 3.96. The lowest BCUT2D eigenvalue weighted by Gasteiger charge is -2.32. The Labute approximate surface area is 360 Å². The number of hydrogen-bond acceptors (Lipinski definition) is 12. The first kappa shape index (κ1) is 44.0. The molecule has 320 valence electrons. The highest BCUT2D eigenvalue weighted by Crippen LogP contribution is 2.50. The molecule has 1 aliphatic heterocycles. The van der Waals surface area contributed by atoms with Crippen LogP contribution in [0.3, 0.4) is 0 Å². The van der Waals surface area contributed by atoms with Crippen molar-refractivity contribution in [1.29, 1.82) is 0 Å². The van der Waals surface area contributed by atoms with Crippen LogP contribution in [0.25, 0.3) is 32.0 Å². The molecule has 4 aromatic heterocycles. The number of halogens is 5. The maximum Gasteiger partial charge on any atom is 0.408 e. The molecule has 1 atom stereocenters. The molecule has 1 aliphatic rings. The largest absolute Gasteiger partial charge is 0.499 e. The number of aromatic nitrogens is 4. The lowest BCUT2D eigenvalue weighted by atomic mass is 9.63.